The second-order valence-corrected chi connectivity index (χ2v) is 5.28. The predicted octanol–water partition coefficient (Wildman–Crippen LogP) is 4.42. The van der Waals surface area contributed by atoms with Crippen molar-refractivity contribution in [1.29, 1.82) is 0 Å². The summed E-state index contributed by atoms with van der Waals surface area (Å²) in [7, 11) is 0. The van der Waals surface area contributed by atoms with E-state index in [2.05, 4.69) is 15.3 Å². The number of hydrogen-bond acceptors (Lipinski definition) is 4. The Hall–Kier alpha value is -1.36. The summed E-state index contributed by atoms with van der Waals surface area (Å²) in [6, 6.07) is 5.04. The number of carbonyl (C=O) groups excluding carboxylic acids is 1. The molecule has 0 spiro atoms. The molecule has 2 aromatic rings. The molecule has 0 saturated heterocycles. The molecule has 0 saturated carbocycles. The highest BCUT2D eigenvalue weighted by Gasteiger charge is 2.14. The molecule has 1 unspecified atom stereocenters. The third-order valence-corrected chi connectivity index (χ3v) is 3.60. The van der Waals surface area contributed by atoms with Gasteiger partial charge in [0.25, 0.3) is 0 Å². The normalized spacial score (nSPS) is 12.0. The first-order chi connectivity index (χ1) is 9.52. The predicted molar refractivity (Wildman–Crippen MR) is 80.9 cm³/mol. The number of hydrogen-bond donors (Lipinski definition) is 1. The monoisotopic (exact) mass is 329 g/mol. The van der Waals surface area contributed by atoms with Gasteiger partial charge in [-0.3, -0.25) is 4.79 Å². The fourth-order valence-electron chi connectivity index (χ4n) is 1.73. The maximum absolute atomic E-state index is 11.0. The molecule has 0 amide bonds. The lowest BCUT2D eigenvalue weighted by atomic mass is 10.1. The summed E-state index contributed by atoms with van der Waals surface area (Å²) in [6.45, 7) is 1.89. The summed E-state index contributed by atoms with van der Waals surface area (Å²) in [5, 5.41) is 4.28. The molecule has 0 aliphatic heterocycles. The van der Waals surface area contributed by atoms with E-state index in [1.54, 1.807) is 12.1 Å². The van der Waals surface area contributed by atoms with Gasteiger partial charge in [-0.05, 0) is 24.6 Å². The van der Waals surface area contributed by atoms with Crippen LogP contribution in [0.25, 0.3) is 0 Å². The summed E-state index contributed by atoms with van der Waals surface area (Å²) in [4.78, 5) is 18.8. The van der Waals surface area contributed by atoms with Crippen LogP contribution in [0.1, 0.15) is 28.9 Å². The van der Waals surface area contributed by atoms with Gasteiger partial charge in [-0.2, -0.15) is 0 Å². The van der Waals surface area contributed by atoms with Crippen LogP contribution in [-0.4, -0.2) is 16.3 Å². The first-order valence-electron chi connectivity index (χ1n) is 5.70. The van der Waals surface area contributed by atoms with E-state index in [1.165, 1.54) is 6.33 Å². The number of nitrogens with zero attached hydrogens (tertiary/aromatic N) is 2. The van der Waals surface area contributed by atoms with Gasteiger partial charge in [0.2, 0.25) is 0 Å². The Balaban J connectivity index is 2.30. The van der Waals surface area contributed by atoms with Crippen LogP contribution in [0.4, 0.5) is 5.82 Å². The largest absolute Gasteiger partial charge is 0.363 e. The molecule has 104 valence electrons. The van der Waals surface area contributed by atoms with E-state index in [4.69, 9.17) is 34.8 Å². The van der Waals surface area contributed by atoms with Gasteiger partial charge in [0, 0.05) is 10.0 Å². The van der Waals surface area contributed by atoms with Crippen LogP contribution in [0.3, 0.4) is 0 Å². The first-order valence-corrected chi connectivity index (χ1v) is 6.83. The van der Waals surface area contributed by atoms with Gasteiger partial charge in [0.05, 0.1) is 11.6 Å². The Kier molecular flexibility index (Phi) is 4.81. The highest BCUT2D eigenvalue weighted by atomic mass is 35.5. The molecule has 1 aromatic heterocycles. The fraction of sp³-hybridized carbons (Fsp3) is 0.154. The lowest BCUT2D eigenvalue weighted by molar-refractivity contribution is 0.112. The van der Waals surface area contributed by atoms with E-state index in [-0.39, 0.29) is 16.8 Å². The quantitative estimate of drug-likeness (QED) is 0.666. The molecule has 2 rings (SSSR count). The van der Waals surface area contributed by atoms with Gasteiger partial charge in [0.1, 0.15) is 17.3 Å². The van der Waals surface area contributed by atoms with E-state index in [0.717, 1.165) is 5.56 Å². The van der Waals surface area contributed by atoms with E-state index in [0.29, 0.717) is 22.1 Å². The van der Waals surface area contributed by atoms with E-state index >= 15 is 0 Å². The average Bonchev–Trinajstić information content (AvgIpc) is 2.38. The maximum Gasteiger partial charge on any atom is 0.156 e. The lowest BCUT2D eigenvalue weighted by Gasteiger charge is -2.17. The fourth-order valence-corrected chi connectivity index (χ4v) is 2.48. The molecular formula is C13H10Cl3N3O. The van der Waals surface area contributed by atoms with Crippen molar-refractivity contribution in [3.8, 4) is 0 Å². The number of benzene rings is 1. The molecule has 0 aliphatic rings. The second kappa shape index (κ2) is 6.39. The first kappa shape index (κ1) is 15.0. The second-order valence-electron chi connectivity index (χ2n) is 4.08. The third-order valence-electron chi connectivity index (χ3n) is 2.74. The van der Waals surface area contributed by atoms with Crippen LogP contribution in [0.2, 0.25) is 15.2 Å². The van der Waals surface area contributed by atoms with Crippen molar-refractivity contribution >= 4 is 46.9 Å². The van der Waals surface area contributed by atoms with Crippen molar-refractivity contribution in [2.24, 2.45) is 0 Å². The molecule has 1 atom stereocenters. The van der Waals surface area contributed by atoms with Crippen molar-refractivity contribution in [2.75, 3.05) is 5.32 Å². The standard InChI is InChI=1S/C13H10Cl3N3O/c1-7(9-3-2-8(14)4-11(9)15)19-13-10(5-20)12(16)17-6-18-13/h2-7H,1H3,(H,17,18,19). The van der Waals surface area contributed by atoms with Crippen molar-refractivity contribution in [3.05, 3.63) is 50.9 Å². The zero-order valence-corrected chi connectivity index (χ0v) is 12.7. The van der Waals surface area contributed by atoms with Crippen LogP contribution in [0, 0.1) is 0 Å². The summed E-state index contributed by atoms with van der Waals surface area (Å²) in [5.41, 5.74) is 1.05. The molecule has 0 radical (unpaired) electrons. The Morgan fingerprint density at radius 1 is 1.25 bits per heavy atom. The Morgan fingerprint density at radius 2 is 2.00 bits per heavy atom. The summed E-state index contributed by atoms with van der Waals surface area (Å²) < 4.78 is 0. The highest BCUT2D eigenvalue weighted by Crippen LogP contribution is 2.29. The number of rotatable bonds is 4. The Morgan fingerprint density at radius 3 is 2.65 bits per heavy atom. The van der Waals surface area contributed by atoms with Crippen LogP contribution < -0.4 is 5.32 Å². The lowest BCUT2D eigenvalue weighted by Crippen LogP contribution is -2.11. The van der Waals surface area contributed by atoms with Crippen LogP contribution in [-0.2, 0) is 0 Å². The molecule has 1 N–H and O–H groups in total. The summed E-state index contributed by atoms with van der Waals surface area (Å²) in [6.07, 6.45) is 1.90. The van der Waals surface area contributed by atoms with Crippen LogP contribution in [0.5, 0.6) is 0 Å². The molecule has 20 heavy (non-hydrogen) atoms. The van der Waals surface area contributed by atoms with Gasteiger partial charge < -0.3 is 5.32 Å². The van der Waals surface area contributed by atoms with E-state index < -0.39 is 0 Å². The van der Waals surface area contributed by atoms with Crippen LogP contribution in [0.15, 0.2) is 24.5 Å². The molecule has 1 heterocycles. The molecule has 4 nitrogen and oxygen atoms in total. The van der Waals surface area contributed by atoms with Gasteiger partial charge >= 0.3 is 0 Å². The smallest absolute Gasteiger partial charge is 0.156 e. The third kappa shape index (κ3) is 3.20. The number of aldehydes is 1. The van der Waals surface area contributed by atoms with E-state index in [9.17, 15) is 4.79 Å². The maximum atomic E-state index is 11.0. The minimum atomic E-state index is -0.176. The molecule has 0 bridgehead atoms. The van der Waals surface area contributed by atoms with Crippen molar-refractivity contribution < 1.29 is 4.79 Å². The number of aromatic nitrogens is 2. The van der Waals surface area contributed by atoms with Gasteiger partial charge in [-0.15, -0.1) is 0 Å². The average molecular weight is 331 g/mol. The summed E-state index contributed by atoms with van der Waals surface area (Å²) >= 11 is 17.8. The Bertz CT molecular complexity index is 649. The zero-order valence-electron chi connectivity index (χ0n) is 10.4. The summed E-state index contributed by atoms with van der Waals surface area (Å²) in [5.74, 6) is 0.360. The van der Waals surface area contributed by atoms with Gasteiger partial charge in [0.15, 0.2) is 6.29 Å². The van der Waals surface area contributed by atoms with Crippen molar-refractivity contribution in [2.45, 2.75) is 13.0 Å². The minimum Gasteiger partial charge on any atom is -0.363 e. The molecular weight excluding hydrogens is 321 g/mol. The highest BCUT2D eigenvalue weighted by molar-refractivity contribution is 6.35. The zero-order chi connectivity index (χ0) is 14.7. The molecule has 1 aromatic carbocycles. The number of carbonyl (C=O) groups is 1. The SMILES string of the molecule is CC(Nc1ncnc(Cl)c1C=O)c1ccc(Cl)cc1Cl. The number of anilines is 1. The molecule has 7 heteroatoms. The number of nitrogens with one attached hydrogen (secondary N) is 1. The van der Waals surface area contributed by atoms with Crippen molar-refractivity contribution in [3.63, 3.8) is 0 Å². The minimum absolute atomic E-state index is 0.104. The van der Waals surface area contributed by atoms with Crippen LogP contribution >= 0.6 is 34.8 Å². The van der Waals surface area contributed by atoms with E-state index in [1.807, 2.05) is 13.0 Å². The Labute approximate surface area is 131 Å². The number of halogens is 3. The van der Waals surface area contributed by atoms with Crippen molar-refractivity contribution in [1.82, 2.24) is 9.97 Å². The van der Waals surface area contributed by atoms with Gasteiger partial charge in [-0.1, -0.05) is 40.9 Å². The topological polar surface area (TPSA) is 54.9 Å². The molecule has 0 fully saturated rings. The molecule has 0 aliphatic carbocycles. The van der Waals surface area contributed by atoms with Gasteiger partial charge in [-0.25, -0.2) is 9.97 Å².